The molecule has 1 N–H and O–H groups in total. The van der Waals surface area contributed by atoms with Gasteiger partial charge < -0.3 is 9.84 Å². The van der Waals surface area contributed by atoms with Gasteiger partial charge in [0.1, 0.15) is 5.75 Å². The van der Waals surface area contributed by atoms with Gasteiger partial charge in [0.05, 0.1) is 18.3 Å². The first-order chi connectivity index (χ1) is 13.7. The van der Waals surface area contributed by atoms with Gasteiger partial charge in [-0.25, -0.2) is 4.98 Å². The lowest BCUT2D eigenvalue weighted by Gasteiger charge is -2.32. The number of aliphatic hydroxyl groups excluding tert-OH is 1. The quantitative estimate of drug-likeness (QED) is 0.674. The number of halogens is 1. The second-order valence-corrected chi connectivity index (χ2v) is 7.92. The summed E-state index contributed by atoms with van der Waals surface area (Å²) in [4.78, 5) is 7.42. The molecule has 3 aromatic rings. The number of methoxy groups -OCH3 is 1. The van der Waals surface area contributed by atoms with E-state index < -0.39 is 0 Å². The summed E-state index contributed by atoms with van der Waals surface area (Å²) in [7, 11) is 1.67. The number of benzene rings is 2. The monoisotopic (exact) mass is 396 g/mol. The van der Waals surface area contributed by atoms with Crippen molar-refractivity contribution in [3.8, 4) is 17.0 Å². The van der Waals surface area contributed by atoms with Crippen LogP contribution in [0.2, 0.25) is 5.02 Å². The average molecular weight is 397 g/mol. The summed E-state index contributed by atoms with van der Waals surface area (Å²) in [6, 6.07) is 16.1. The summed E-state index contributed by atoms with van der Waals surface area (Å²) < 4.78 is 5.37. The van der Waals surface area contributed by atoms with Gasteiger partial charge in [-0.05, 0) is 61.2 Å². The summed E-state index contributed by atoms with van der Waals surface area (Å²) in [5.74, 6) is 1.17. The number of aliphatic hydroxyl groups is 1. The Kier molecular flexibility index (Phi) is 5.81. The third kappa shape index (κ3) is 4.14. The molecule has 4 rings (SSSR count). The van der Waals surface area contributed by atoms with Crippen molar-refractivity contribution >= 4 is 22.5 Å². The Hall–Kier alpha value is -2.14. The minimum absolute atomic E-state index is 0.260. The molecule has 146 valence electrons. The predicted octanol–water partition coefficient (Wildman–Crippen LogP) is 4.77. The summed E-state index contributed by atoms with van der Waals surface area (Å²) in [6.07, 6.45) is 2.23. The lowest BCUT2D eigenvalue weighted by molar-refractivity contribution is 0.116. The molecule has 4 nitrogen and oxygen atoms in total. The van der Waals surface area contributed by atoms with E-state index in [1.807, 2.05) is 36.4 Å². The van der Waals surface area contributed by atoms with E-state index in [0.717, 1.165) is 65.4 Å². The first kappa shape index (κ1) is 19.2. The lowest BCUT2D eigenvalue weighted by atomic mass is 9.97. The number of rotatable bonds is 5. The van der Waals surface area contributed by atoms with Gasteiger partial charge in [-0.1, -0.05) is 23.7 Å². The average Bonchev–Trinajstić information content (AvgIpc) is 2.73. The van der Waals surface area contributed by atoms with Crippen LogP contribution in [0.15, 0.2) is 48.5 Å². The number of hydrogen-bond acceptors (Lipinski definition) is 4. The van der Waals surface area contributed by atoms with Crippen LogP contribution in [0, 0.1) is 5.92 Å². The fourth-order valence-corrected chi connectivity index (χ4v) is 4.11. The molecular weight excluding hydrogens is 372 g/mol. The van der Waals surface area contributed by atoms with Crippen molar-refractivity contribution in [2.45, 2.75) is 19.4 Å². The normalized spacial score (nSPS) is 17.8. The lowest BCUT2D eigenvalue weighted by Crippen LogP contribution is -2.36. The second kappa shape index (κ2) is 8.48. The molecule has 0 spiro atoms. The molecule has 1 fully saturated rings. The molecule has 1 aliphatic heterocycles. The van der Waals surface area contributed by atoms with Crippen LogP contribution in [0.4, 0.5) is 0 Å². The molecule has 1 saturated heterocycles. The van der Waals surface area contributed by atoms with Crippen LogP contribution in [0.1, 0.15) is 18.4 Å². The molecule has 28 heavy (non-hydrogen) atoms. The van der Waals surface area contributed by atoms with E-state index in [0.29, 0.717) is 5.92 Å². The maximum Gasteiger partial charge on any atom is 0.121 e. The summed E-state index contributed by atoms with van der Waals surface area (Å²) in [5, 5.41) is 11.4. The van der Waals surface area contributed by atoms with Crippen LogP contribution in [-0.2, 0) is 6.54 Å². The molecule has 0 bridgehead atoms. The zero-order valence-electron chi connectivity index (χ0n) is 16.1. The molecular formula is C23H25ClN2O2. The number of aromatic nitrogens is 1. The van der Waals surface area contributed by atoms with Crippen molar-refractivity contribution in [1.29, 1.82) is 0 Å². The van der Waals surface area contributed by atoms with Crippen LogP contribution >= 0.6 is 11.6 Å². The van der Waals surface area contributed by atoms with Crippen molar-refractivity contribution in [2.24, 2.45) is 5.92 Å². The van der Waals surface area contributed by atoms with Gasteiger partial charge in [-0.3, -0.25) is 4.90 Å². The highest BCUT2D eigenvalue weighted by Crippen LogP contribution is 2.30. The van der Waals surface area contributed by atoms with E-state index >= 15 is 0 Å². The molecule has 2 heterocycles. The Bertz CT molecular complexity index is 959. The zero-order chi connectivity index (χ0) is 19.5. The maximum atomic E-state index is 9.56. The van der Waals surface area contributed by atoms with Crippen molar-refractivity contribution in [3.05, 3.63) is 59.1 Å². The van der Waals surface area contributed by atoms with Crippen LogP contribution in [0.25, 0.3) is 22.2 Å². The molecule has 1 aromatic heterocycles. The number of piperidine rings is 1. The van der Waals surface area contributed by atoms with E-state index in [4.69, 9.17) is 21.3 Å². The van der Waals surface area contributed by atoms with Gasteiger partial charge in [0.15, 0.2) is 0 Å². The van der Waals surface area contributed by atoms with Crippen molar-refractivity contribution in [1.82, 2.24) is 9.88 Å². The fourth-order valence-electron chi connectivity index (χ4n) is 3.98. The Balaban J connectivity index is 1.76. The standard InChI is InChI=1S/C23H25ClN2O2/c1-28-21-9-6-18-11-19(14-26-10-2-3-16(13-26)15-27)23(25-22(18)12-21)17-4-7-20(24)8-5-17/h4-9,11-12,16,27H,2-3,10,13-15H2,1H3. The number of ether oxygens (including phenoxy) is 1. The summed E-state index contributed by atoms with van der Waals surface area (Å²) in [6.45, 7) is 3.06. The van der Waals surface area contributed by atoms with Crippen LogP contribution in [0.3, 0.4) is 0 Å². The molecule has 1 unspecified atom stereocenters. The van der Waals surface area contributed by atoms with Gasteiger partial charge in [-0.15, -0.1) is 0 Å². The maximum absolute atomic E-state index is 9.56. The van der Waals surface area contributed by atoms with E-state index in [-0.39, 0.29) is 6.61 Å². The van der Waals surface area contributed by atoms with E-state index in [9.17, 15) is 5.11 Å². The number of hydrogen-bond donors (Lipinski definition) is 1. The van der Waals surface area contributed by atoms with Gasteiger partial charge >= 0.3 is 0 Å². The first-order valence-electron chi connectivity index (χ1n) is 9.73. The second-order valence-electron chi connectivity index (χ2n) is 7.49. The highest BCUT2D eigenvalue weighted by atomic mass is 35.5. The Morgan fingerprint density at radius 1 is 1.18 bits per heavy atom. The third-order valence-electron chi connectivity index (χ3n) is 5.48. The predicted molar refractivity (Wildman–Crippen MR) is 114 cm³/mol. The van der Waals surface area contributed by atoms with Crippen LogP contribution in [0.5, 0.6) is 5.75 Å². The van der Waals surface area contributed by atoms with Crippen LogP contribution in [-0.4, -0.2) is 41.8 Å². The molecule has 0 saturated carbocycles. The molecule has 0 radical (unpaired) electrons. The number of fused-ring (bicyclic) bond motifs is 1. The minimum Gasteiger partial charge on any atom is -0.497 e. The van der Waals surface area contributed by atoms with E-state index in [1.165, 1.54) is 5.56 Å². The van der Waals surface area contributed by atoms with E-state index in [2.05, 4.69) is 17.0 Å². The topological polar surface area (TPSA) is 45.6 Å². The molecule has 5 heteroatoms. The molecule has 0 aliphatic carbocycles. The smallest absolute Gasteiger partial charge is 0.121 e. The third-order valence-corrected chi connectivity index (χ3v) is 5.73. The van der Waals surface area contributed by atoms with Gasteiger partial charge in [0, 0.05) is 41.7 Å². The Labute approximate surface area is 170 Å². The minimum atomic E-state index is 0.260. The molecule has 1 aliphatic rings. The highest BCUT2D eigenvalue weighted by molar-refractivity contribution is 6.30. The number of likely N-dealkylation sites (tertiary alicyclic amines) is 1. The molecule has 0 amide bonds. The van der Waals surface area contributed by atoms with Crippen molar-refractivity contribution in [3.63, 3.8) is 0 Å². The molecule has 2 aromatic carbocycles. The summed E-state index contributed by atoms with van der Waals surface area (Å²) >= 11 is 6.09. The van der Waals surface area contributed by atoms with E-state index in [1.54, 1.807) is 7.11 Å². The van der Waals surface area contributed by atoms with Crippen molar-refractivity contribution in [2.75, 3.05) is 26.8 Å². The first-order valence-corrected chi connectivity index (χ1v) is 10.1. The Morgan fingerprint density at radius 3 is 2.75 bits per heavy atom. The number of pyridine rings is 1. The fraction of sp³-hybridized carbons (Fsp3) is 0.348. The number of nitrogens with zero attached hydrogens (tertiary/aromatic N) is 2. The highest BCUT2D eigenvalue weighted by Gasteiger charge is 2.21. The van der Waals surface area contributed by atoms with Crippen molar-refractivity contribution < 1.29 is 9.84 Å². The van der Waals surface area contributed by atoms with Gasteiger partial charge in [-0.2, -0.15) is 0 Å². The largest absolute Gasteiger partial charge is 0.497 e. The van der Waals surface area contributed by atoms with Gasteiger partial charge in [0.2, 0.25) is 0 Å². The summed E-state index contributed by atoms with van der Waals surface area (Å²) in [5.41, 5.74) is 4.14. The SMILES string of the molecule is COc1ccc2cc(CN3CCCC(CO)C3)c(-c3ccc(Cl)cc3)nc2c1. The zero-order valence-corrected chi connectivity index (χ0v) is 16.8. The molecule has 1 atom stereocenters. The van der Waals surface area contributed by atoms with Crippen LogP contribution < -0.4 is 4.74 Å². The van der Waals surface area contributed by atoms with Gasteiger partial charge in [0.25, 0.3) is 0 Å². The Morgan fingerprint density at radius 2 is 2.00 bits per heavy atom.